The molecule has 0 atom stereocenters. The van der Waals surface area contributed by atoms with Gasteiger partial charge >= 0.3 is 0 Å². The normalized spacial score (nSPS) is 10.2. The lowest BCUT2D eigenvalue weighted by Gasteiger charge is -2.07. The van der Waals surface area contributed by atoms with E-state index in [-0.39, 0.29) is 17.0 Å². The molecule has 2 heterocycles. The van der Waals surface area contributed by atoms with Crippen molar-refractivity contribution in [3.63, 3.8) is 0 Å². The number of anilines is 1. The minimum absolute atomic E-state index is 0.0842. The molecule has 6 nitrogen and oxygen atoms in total. The molecule has 0 bridgehead atoms. The summed E-state index contributed by atoms with van der Waals surface area (Å²) >= 11 is 0. The van der Waals surface area contributed by atoms with Gasteiger partial charge in [0.05, 0.1) is 0 Å². The number of pyridine rings is 2. The molecule has 0 radical (unpaired) electrons. The second kappa shape index (κ2) is 6.74. The Morgan fingerprint density at radius 1 is 1.12 bits per heavy atom. The minimum Gasteiger partial charge on any atom is -0.327 e. The summed E-state index contributed by atoms with van der Waals surface area (Å²) in [5, 5.41) is 2.51. The first-order chi connectivity index (χ1) is 11.7. The van der Waals surface area contributed by atoms with Crippen LogP contribution in [0.1, 0.15) is 10.4 Å². The summed E-state index contributed by atoms with van der Waals surface area (Å²) in [5.41, 5.74) is 1.36. The van der Waals surface area contributed by atoms with Gasteiger partial charge in [0.1, 0.15) is 5.69 Å². The Balaban J connectivity index is 1.89. The molecular weight excluding hydrogens is 313 g/mol. The molecule has 0 aliphatic heterocycles. The largest absolute Gasteiger partial charge is 0.327 e. The van der Waals surface area contributed by atoms with Crippen molar-refractivity contribution >= 4 is 11.6 Å². The molecule has 0 aliphatic carbocycles. The van der Waals surface area contributed by atoms with Gasteiger partial charge in [0.25, 0.3) is 11.5 Å². The third kappa shape index (κ3) is 3.30. The lowest BCUT2D eigenvalue weighted by atomic mass is 10.1. The summed E-state index contributed by atoms with van der Waals surface area (Å²) in [6.45, 7) is 0. The fraction of sp³-hybridized carbons (Fsp3) is 0. The van der Waals surface area contributed by atoms with Gasteiger partial charge in [-0.2, -0.15) is 0 Å². The minimum atomic E-state index is -0.550. The van der Waals surface area contributed by atoms with Crippen molar-refractivity contribution in [2.75, 3.05) is 5.32 Å². The predicted octanol–water partition coefficient (Wildman–Crippen LogP) is 2.95. The van der Waals surface area contributed by atoms with E-state index in [0.29, 0.717) is 5.56 Å². The van der Waals surface area contributed by atoms with E-state index >= 15 is 0 Å². The quantitative estimate of drug-likeness (QED) is 0.772. The lowest BCUT2D eigenvalue weighted by molar-refractivity contribution is -0.00626. The van der Waals surface area contributed by atoms with Gasteiger partial charge < -0.3 is 10.3 Å². The van der Waals surface area contributed by atoms with Crippen LogP contribution >= 0.6 is 0 Å². The maximum atomic E-state index is 12.2. The number of amides is 1. The number of nitrogens with zero attached hydrogens (tertiary/aromatic N) is 1. The summed E-state index contributed by atoms with van der Waals surface area (Å²) in [5.74, 6) is -0.645. The van der Waals surface area contributed by atoms with Crippen molar-refractivity contribution in [2.45, 2.75) is 0 Å². The standard InChI is InChI=1S/C17H12FN3O3/c18-24-14-3-1-2-12(8-14)16(22)21-15-9-13(10-20-17(15)23)11-4-6-19-7-5-11/h1-10H,(H,20,23)(H,21,22). The second-order valence-electron chi connectivity index (χ2n) is 4.93. The highest BCUT2D eigenvalue weighted by atomic mass is 19.3. The van der Waals surface area contributed by atoms with E-state index in [4.69, 9.17) is 0 Å². The van der Waals surface area contributed by atoms with Crippen LogP contribution in [0.3, 0.4) is 0 Å². The van der Waals surface area contributed by atoms with Crippen LogP contribution in [0.25, 0.3) is 11.1 Å². The molecule has 0 saturated heterocycles. The molecule has 2 aromatic heterocycles. The molecule has 2 N–H and O–H groups in total. The number of hydrogen-bond acceptors (Lipinski definition) is 4. The SMILES string of the molecule is O=C(Nc1cc(-c2ccncc2)c[nH]c1=O)c1cccc(OF)c1. The Bertz CT molecular complexity index is 926. The van der Waals surface area contributed by atoms with Crippen molar-refractivity contribution in [2.24, 2.45) is 0 Å². The summed E-state index contributed by atoms with van der Waals surface area (Å²) in [7, 11) is 0. The van der Waals surface area contributed by atoms with E-state index in [9.17, 15) is 14.1 Å². The zero-order valence-corrected chi connectivity index (χ0v) is 12.3. The van der Waals surface area contributed by atoms with Crippen LogP contribution in [-0.2, 0) is 0 Å². The fourth-order valence-electron chi connectivity index (χ4n) is 2.17. The first-order valence-electron chi connectivity index (χ1n) is 7.00. The molecule has 120 valence electrons. The van der Waals surface area contributed by atoms with Crippen LogP contribution in [0.15, 0.2) is 65.8 Å². The van der Waals surface area contributed by atoms with Gasteiger partial charge in [0, 0.05) is 34.2 Å². The highest BCUT2D eigenvalue weighted by Crippen LogP contribution is 2.19. The van der Waals surface area contributed by atoms with Crippen LogP contribution in [0.4, 0.5) is 10.2 Å². The average Bonchev–Trinajstić information content (AvgIpc) is 2.64. The van der Waals surface area contributed by atoms with Crippen molar-refractivity contribution < 1.29 is 14.3 Å². The van der Waals surface area contributed by atoms with Gasteiger partial charge in [-0.15, -0.1) is 0 Å². The molecular formula is C17H12FN3O3. The van der Waals surface area contributed by atoms with Crippen LogP contribution in [0, 0.1) is 0 Å². The first kappa shape index (κ1) is 15.4. The first-order valence-corrected chi connectivity index (χ1v) is 7.00. The molecule has 1 aromatic carbocycles. The number of rotatable bonds is 4. The van der Waals surface area contributed by atoms with Crippen LogP contribution in [0.5, 0.6) is 5.75 Å². The fourth-order valence-corrected chi connectivity index (χ4v) is 2.17. The van der Waals surface area contributed by atoms with E-state index in [1.807, 2.05) is 0 Å². The van der Waals surface area contributed by atoms with E-state index in [1.54, 1.807) is 36.8 Å². The number of carbonyl (C=O) groups excluding carboxylic acids is 1. The third-order valence-corrected chi connectivity index (χ3v) is 3.35. The van der Waals surface area contributed by atoms with E-state index in [1.165, 1.54) is 24.3 Å². The summed E-state index contributed by atoms with van der Waals surface area (Å²) in [4.78, 5) is 34.3. The van der Waals surface area contributed by atoms with Gasteiger partial charge in [-0.1, -0.05) is 6.07 Å². The molecule has 24 heavy (non-hydrogen) atoms. The summed E-state index contributed by atoms with van der Waals surface area (Å²) < 4.78 is 12.2. The van der Waals surface area contributed by atoms with Crippen molar-refractivity contribution in [1.29, 1.82) is 0 Å². The summed E-state index contributed by atoms with van der Waals surface area (Å²) in [6.07, 6.45) is 4.80. The molecule has 0 spiro atoms. The van der Waals surface area contributed by atoms with Gasteiger partial charge in [-0.3, -0.25) is 19.5 Å². The Morgan fingerprint density at radius 2 is 1.92 bits per heavy atom. The second-order valence-corrected chi connectivity index (χ2v) is 4.93. The zero-order chi connectivity index (χ0) is 16.9. The Kier molecular flexibility index (Phi) is 4.33. The van der Waals surface area contributed by atoms with E-state index < -0.39 is 11.5 Å². The molecule has 0 saturated carbocycles. The Morgan fingerprint density at radius 3 is 2.67 bits per heavy atom. The molecule has 7 heteroatoms. The number of hydrogen-bond donors (Lipinski definition) is 2. The maximum absolute atomic E-state index is 12.2. The van der Waals surface area contributed by atoms with Gasteiger partial charge in [0.2, 0.25) is 0 Å². The zero-order valence-electron chi connectivity index (χ0n) is 12.3. The molecule has 3 rings (SSSR count). The Hall–Kier alpha value is -3.48. The monoisotopic (exact) mass is 325 g/mol. The smallest absolute Gasteiger partial charge is 0.271 e. The lowest BCUT2D eigenvalue weighted by Crippen LogP contribution is -2.19. The Labute approximate surface area is 135 Å². The molecule has 0 aliphatic rings. The molecule has 1 amide bonds. The third-order valence-electron chi connectivity index (χ3n) is 3.35. The van der Waals surface area contributed by atoms with E-state index in [0.717, 1.165) is 5.56 Å². The van der Waals surface area contributed by atoms with Crippen LogP contribution in [-0.4, -0.2) is 15.9 Å². The topological polar surface area (TPSA) is 84.1 Å². The number of nitrogens with one attached hydrogen (secondary N) is 2. The van der Waals surface area contributed by atoms with Crippen molar-refractivity contribution in [3.8, 4) is 16.9 Å². The molecule has 0 fully saturated rings. The number of H-pyrrole nitrogens is 1. The van der Waals surface area contributed by atoms with E-state index in [2.05, 4.69) is 20.2 Å². The molecule has 3 aromatic rings. The number of aromatic nitrogens is 2. The molecule has 0 unspecified atom stereocenters. The van der Waals surface area contributed by atoms with Crippen LogP contribution < -0.4 is 15.8 Å². The predicted molar refractivity (Wildman–Crippen MR) is 86.4 cm³/mol. The van der Waals surface area contributed by atoms with Gasteiger partial charge in [0.15, 0.2) is 5.75 Å². The van der Waals surface area contributed by atoms with Crippen molar-refractivity contribution in [1.82, 2.24) is 9.97 Å². The highest BCUT2D eigenvalue weighted by Gasteiger charge is 2.11. The van der Waals surface area contributed by atoms with Crippen molar-refractivity contribution in [3.05, 3.63) is 77.0 Å². The number of halogens is 1. The maximum Gasteiger partial charge on any atom is 0.271 e. The van der Waals surface area contributed by atoms with Gasteiger partial charge in [-0.05, 0) is 42.0 Å². The number of benzene rings is 1. The highest BCUT2D eigenvalue weighted by molar-refractivity contribution is 6.04. The number of aromatic amines is 1. The average molecular weight is 325 g/mol. The summed E-state index contributed by atoms with van der Waals surface area (Å²) in [6, 6.07) is 10.7. The van der Waals surface area contributed by atoms with Crippen LogP contribution in [0.2, 0.25) is 0 Å². The number of carbonyl (C=O) groups is 1. The van der Waals surface area contributed by atoms with Gasteiger partial charge in [-0.25, -0.2) is 0 Å².